The first-order chi connectivity index (χ1) is 8.54. The molecule has 2 fully saturated rings. The van der Waals surface area contributed by atoms with E-state index in [1.807, 2.05) is 6.92 Å². The summed E-state index contributed by atoms with van der Waals surface area (Å²) in [5.74, 6) is 0.0444. The van der Waals surface area contributed by atoms with Crippen LogP contribution in [0.15, 0.2) is 0 Å². The van der Waals surface area contributed by atoms with Gasteiger partial charge in [0.2, 0.25) is 11.8 Å². The van der Waals surface area contributed by atoms with Crippen LogP contribution >= 0.6 is 0 Å². The topological polar surface area (TPSA) is 60.9 Å². The van der Waals surface area contributed by atoms with Crippen molar-refractivity contribution in [3.8, 4) is 0 Å². The molecule has 1 N–H and O–H groups in total. The second-order valence-electron chi connectivity index (χ2n) is 5.42. The molecule has 18 heavy (non-hydrogen) atoms. The predicted molar refractivity (Wildman–Crippen MR) is 66.9 cm³/mol. The van der Waals surface area contributed by atoms with Crippen molar-refractivity contribution in [2.24, 2.45) is 0 Å². The Morgan fingerprint density at radius 2 is 2.17 bits per heavy atom. The Kier molecular flexibility index (Phi) is 3.90. The number of hydrogen-bond donors (Lipinski definition) is 1. The number of carbonyl (C=O) groups is 2. The zero-order valence-corrected chi connectivity index (χ0v) is 11.0. The van der Waals surface area contributed by atoms with Crippen LogP contribution < -0.4 is 0 Å². The molecule has 0 bridgehead atoms. The van der Waals surface area contributed by atoms with E-state index in [0.29, 0.717) is 32.5 Å². The van der Waals surface area contributed by atoms with E-state index >= 15 is 0 Å². The number of likely N-dealkylation sites (tertiary alicyclic amines) is 2. The minimum atomic E-state index is -0.733. The average molecular weight is 254 g/mol. The van der Waals surface area contributed by atoms with E-state index < -0.39 is 5.60 Å². The summed E-state index contributed by atoms with van der Waals surface area (Å²) in [4.78, 5) is 26.9. The highest BCUT2D eigenvalue weighted by molar-refractivity contribution is 5.86. The maximum Gasteiger partial charge on any atom is 0.242 e. The first kappa shape index (κ1) is 13.3. The summed E-state index contributed by atoms with van der Waals surface area (Å²) in [6.45, 7) is 3.92. The summed E-state index contributed by atoms with van der Waals surface area (Å²) in [5, 5.41) is 10.2. The molecule has 0 aromatic carbocycles. The maximum atomic E-state index is 12.1. The van der Waals surface area contributed by atoms with Gasteiger partial charge in [-0.2, -0.15) is 0 Å². The van der Waals surface area contributed by atoms with Gasteiger partial charge in [-0.3, -0.25) is 9.59 Å². The van der Waals surface area contributed by atoms with Crippen molar-refractivity contribution in [2.75, 3.05) is 26.2 Å². The largest absolute Gasteiger partial charge is 0.388 e. The second kappa shape index (κ2) is 5.26. The van der Waals surface area contributed by atoms with Crippen molar-refractivity contribution in [3.05, 3.63) is 0 Å². The molecule has 1 atom stereocenters. The number of amides is 2. The Morgan fingerprint density at radius 1 is 1.39 bits per heavy atom. The summed E-state index contributed by atoms with van der Waals surface area (Å²) in [6.07, 6.45) is 3.68. The lowest BCUT2D eigenvalue weighted by molar-refractivity contribution is -0.143. The van der Waals surface area contributed by atoms with Gasteiger partial charge in [-0.05, 0) is 25.7 Å². The fourth-order valence-corrected chi connectivity index (χ4v) is 2.75. The third-order valence-electron chi connectivity index (χ3n) is 4.06. The highest BCUT2D eigenvalue weighted by Gasteiger charge is 2.34. The summed E-state index contributed by atoms with van der Waals surface area (Å²) in [6, 6.07) is 0. The number of aliphatic hydroxyl groups is 1. The SMILES string of the molecule is CC[C@@]1(O)CCCN(C(=O)CN2CCCC2=O)C1. The van der Waals surface area contributed by atoms with Gasteiger partial charge in [-0.1, -0.05) is 6.92 Å². The van der Waals surface area contributed by atoms with Gasteiger partial charge in [0, 0.05) is 26.1 Å². The van der Waals surface area contributed by atoms with Gasteiger partial charge in [-0.25, -0.2) is 0 Å². The third-order valence-corrected chi connectivity index (χ3v) is 4.06. The van der Waals surface area contributed by atoms with Crippen LogP contribution in [0.1, 0.15) is 39.0 Å². The highest BCUT2D eigenvalue weighted by atomic mass is 16.3. The highest BCUT2D eigenvalue weighted by Crippen LogP contribution is 2.24. The fraction of sp³-hybridized carbons (Fsp3) is 0.846. The van der Waals surface area contributed by atoms with Crippen LogP contribution in [0.5, 0.6) is 0 Å². The summed E-state index contributed by atoms with van der Waals surface area (Å²) in [7, 11) is 0. The van der Waals surface area contributed by atoms with E-state index in [2.05, 4.69) is 0 Å². The predicted octanol–water partition coefficient (Wildman–Crippen LogP) is 0.372. The molecule has 2 aliphatic rings. The van der Waals surface area contributed by atoms with Gasteiger partial charge in [0.1, 0.15) is 0 Å². The van der Waals surface area contributed by atoms with E-state index in [4.69, 9.17) is 0 Å². The Hall–Kier alpha value is -1.10. The molecule has 2 aliphatic heterocycles. The summed E-state index contributed by atoms with van der Waals surface area (Å²) in [5.41, 5.74) is -0.733. The van der Waals surface area contributed by atoms with Crippen molar-refractivity contribution in [3.63, 3.8) is 0 Å². The molecular formula is C13H22N2O3. The van der Waals surface area contributed by atoms with Crippen LogP contribution in [0.4, 0.5) is 0 Å². The van der Waals surface area contributed by atoms with Crippen molar-refractivity contribution in [1.29, 1.82) is 0 Å². The van der Waals surface area contributed by atoms with E-state index in [1.54, 1.807) is 9.80 Å². The van der Waals surface area contributed by atoms with Crippen molar-refractivity contribution < 1.29 is 14.7 Å². The summed E-state index contributed by atoms with van der Waals surface area (Å²) < 4.78 is 0. The van der Waals surface area contributed by atoms with Gasteiger partial charge in [0.15, 0.2) is 0 Å². The van der Waals surface area contributed by atoms with Crippen LogP contribution in [-0.4, -0.2) is 58.5 Å². The van der Waals surface area contributed by atoms with Crippen molar-refractivity contribution in [2.45, 2.75) is 44.6 Å². The Labute approximate surface area is 108 Å². The molecule has 2 rings (SSSR count). The molecule has 0 unspecified atom stereocenters. The molecule has 5 nitrogen and oxygen atoms in total. The van der Waals surface area contributed by atoms with Crippen LogP contribution in [0.2, 0.25) is 0 Å². The maximum absolute atomic E-state index is 12.1. The second-order valence-corrected chi connectivity index (χ2v) is 5.42. The average Bonchev–Trinajstić information content (AvgIpc) is 2.75. The number of hydrogen-bond acceptors (Lipinski definition) is 3. The zero-order chi connectivity index (χ0) is 13.2. The molecule has 0 spiro atoms. The molecule has 2 amide bonds. The van der Waals surface area contributed by atoms with Gasteiger partial charge >= 0.3 is 0 Å². The zero-order valence-electron chi connectivity index (χ0n) is 11.0. The lowest BCUT2D eigenvalue weighted by Crippen LogP contribution is -2.52. The van der Waals surface area contributed by atoms with Gasteiger partial charge < -0.3 is 14.9 Å². The molecular weight excluding hydrogens is 232 g/mol. The smallest absolute Gasteiger partial charge is 0.242 e. The normalized spacial score (nSPS) is 28.9. The molecule has 5 heteroatoms. The van der Waals surface area contributed by atoms with Gasteiger partial charge in [0.25, 0.3) is 0 Å². The third kappa shape index (κ3) is 2.83. The number of nitrogens with zero attached hydrogens (tertiary/aromatic N) is 2. The first-order valence-electron chi connectivity index (χ1n) is 6.82. The molecule has 2 saturated heterocycles. The van der Waals surface area contributed by atoms with E-state index in [1.165, 1.54) is 0 Å². The van der Waals surface area contributed by atoms with Crippen LogP contribution in [0, 0.1) is 0 Å². The van der Waals surface area contributed by atoms with E-state index in [9.17, 15) is 14.7 Å². The lowest BCUT2D eigenvalue weighted by Gasteiger charge is -2.39. The Balaban J connectivity index is 1.90. The number of rotatable bonds is 3. The van der Waals surface area contributed by atoms with Crippen LogP contribution in [-0.2, 0) is 9.59 Å². The molecule has 0 aromatic heterocycles. The molecule has 0 aromatic rings. The Morgan fingerprint density at radius 3 is 2.78 bits per heavy atom. The fourth-order valence-electron chi connectivity index (χ4n) is 2.75. The van der Waals surface area contributed by atoms with E-state index in [-0.39, 0.29) is 18.4 Å². The van der Waals surface area contributed by atoms with Crippen LogP contribution in [0.3, 0.4) is 0 Å². The molecule has 0 saturated carbocycles. The number of β-amino-alcohol motifs (C(OH)–C–C–N with tert-alkyl or cyclic N) is 1. The van der Waals surface area contributed by atoms with Gasteiger partial charge in [0.05, 0.1) is 12.1 Å². The summed E-state index contributed by atoms with van der Waals surface area (Å²) >= 11 is 0. The van der Waals surface area contributed by atoms with Crippen LogP contribution in [0.25, 0.3) is 0 Å². The molecule has 0 radical (unpaired) electrons. The quantitative estimate of drug-likeness (QED) is 0.791. The Bertz CT molecular complexity index is 345. The molecule has 102 valence electrons. The standard InChI is InChI=1S/C13H22N2O3/c1-2-13(18)6-4-8-15(10-13)12(17)9-14-7-3-5-11(14)16/h18H,2-10H2,1H3/t13-/m1/s1. The lowest BCUT2D eigenvalue weighted by atomic mass is 9.90. The first-order valence-corrected chi connectivity index (χ1v) is 6.82. The van der Waals surface area contributed by atoms with Crippen molar-refractivity contribution in [1.82, 2.24) is 9.80 Å². The number of piperidine rings is 1. The minimum Gasteiger partial charge on any atom is -0.388 e. The molecule has 0 aliphatic carbocycles. The number of carbonyl (C=O) groups excluding carboxylic acids is 2. The van der Waals surface area contributed by atoms with E-state index in [0.717, 1.165) is 19.3 Å². The minimum absolute atomic E-state index is 0.0307. The monoisotopic (exact) mass is 254 g/mol. The van der Waals surface area contributed by atoms with Crippen molar-refractivity contribution >= 4 is 11.8 Å². The molecule has 2 heterocycles. The van der Waals surface area contributed by atoms with Gasteiger partial charge in [-0.15, -0.1) is 0 Å².